The molecule has 1 saturated heterocycles. The number of carbonyl (C=O) groups excluding carboxylic acids is 1. The van der Waals surface area contributed by atoms with Gasteiger partial charge in [0.25, 0.3) is 0 Å². The first-order valence-electron chi connectivity index (χ1n) is 9.52. The number of anilines is 1. The van der Waals surface area contributed by atoms with Gasteiger partial charge in [0.15, 0.2) is 0 Å². The molecule has 2 aromatic carbocycles. The Kier molecular flexibility index (Phi) is 7.21. The average Bonchev–Trinajstić information content (AvgIpc) is 3.25. The Bertz CT molecular complexity index is 953. The van der Waals surface area contributed by atoms with Crippen LogP contribution < -0.4 is 10.6 Å². The molecular weight excluding hydrogens is 408 g/mol. The van der Waals surface area contributed by atoms with Crippen molar-refractivity contribution in [1.82, 2.24) is 5.32 Å². The van der Waals surface area contributed by atoms with Gasteiger partial charge in [0.1, 0.15) is 0 Å². The second kappa shape index (κ2) is 9.65. The molecule has 1 aliphatic rings. The van der Waals surface area contributed by atoms with Crippen LogP contribution in [0.1, 0.15) is 18.4 Å². The third-order valence-corrected chi connectivity index (χ3v) is 7.34. The van der Waals surface area contributed by atoms with Gasteiger partial charge in [0.05, 0.1) is 28.1 Å². The fourth-order valence-electron chi connectivity index (χ4n) is 3.15. The summed E-state index contributed by atoms with van der Waals surface area (Å²) < 4.78 is 31.9. The Hall–Kier alpha value is -2.03. The lowest BCUT2D eigenvalue weighted by molar-refractivity contribution is -0.119. The van der Waals surface area contributed by atoms with Crippen molar-refractivity contribution in [3.63, 3.8) is 0 Å². The first kappa shape index (κ1) is 21.7. The second-order valence-electron chi connectivity index (χ2n) is 6.97. The molecule has 0 spiro atoms. The van der Waals surface area contributed by atoms with Crippen LogP contribution in [0.5, 0.6) is 0 Å². The summed E-state index contributed by atoms with van der Waals surface area (Å²) in [4.78, 5) is 13.6. The van der Waals surface area contributed by atoms with Crippen molar-refractivity contribution in [2.45, 2.75) is 40.6 Å². The number of nitrogens with one attached hydrogen (secondary N) is 2. The molecule has 6 nitrogen and oxygen atoms in total. The van der Waals surface area contributed by atoms with Crippen LogP contribution in [0.25, 0.3) is 0 Å². The molecule has 1 heterocycles. The number of rotatable bonds is 8. The van der Waals surface area contributed by atoms with Crippen molar-refractivity contribution in [3.8, 4) is 0 Å². The lowest BCUT2D eigenvalue weighted by Crippen LogP contribution is -2.35. The van der Waals surface area contributed by atoms with Crippen LogP contribution >= 0.6 is 11.8 Å². The SMILES string of the molecule is CSc1ccc(S(=O)(=O)c2cc(C)ccc2NCC(=O)NCC2CCCO2)cc1. The molecule has 0 radical (unpaired) electrons. The summed E-state index contributed by atoms with van der Waals surface area (Å²) >= 11 is 1.55. The maximum Gasteiger partial charge on any atom is 0.239 e. The number of sulfone groups is 1. The molecule has 156 valence electrons. The average molecular weight is 435 g/mol. The topological polar surface area (TPSA) is 84.5 Å². The third kappa shape index (κ3) is 5.52. The van der Waals surface area contributed by atoms with Gasteiger partial charge in [-0.15, -0.1) is 11.8 Å². The van der Waals surface area contributed by atoms with E-state index >= 15 is 0 Å². The Labute approximate surface area is 176 Å². The summed E-state index contributed by atoms with van der Waals surface area (Å²) in [6, 6.07) is 12.0. The number of thioether (sulfide) groups is 1. The van der Waals surface area contributed by atoms with Gasteiger partial charge in [-0.25, -0.2) is 8.42 Å². The highest BCUT2D eigenvalue weighted by Crippen LogP contribution is 2.29. The van der Waals surface area contributed by atoms with E-state index in [4.69, 9.17) is 4.74 Å². The van der Waals surface area contributed by atoms with Gasteiger partial charge in [-0.2, -0.15) is 0 Å². The maximum atomic E-state index is 13.2. The molecule has 0 saturated carbocycles. The Morgan fingerprint density at radius 2 is 1.97 bits per heavy atom. The first-order valence-corrected chi connectivity index (χ1v) is 12.2. The number of ether oxygens (including phenoxy) is 1. The van der Waals surface area contributed by atoms with Gasteiger partial charge < -0.3 is 15.4 Å². The number of hydrogen-bond donors (Lipinski definition) is 2. The minimum absolute atomic E-state index is 0.0102. The van der Waals surface area contributed by atoms with E-state index < -0.39 is 9.84 Å². The molecule has 1 amide bonds. The van der Waals surface area contributed by atoms with Crippen LogP contribution in [-0.2, 0) is 19.4 Å². The van der Waals surface area contributed by atoms with Crippen molar-refractivity contribution in [1.29, 1.82) is 0 Å². The quantitative estimate of drug-likeness (QED) is 0.621. The Balaban J connectivity index is 1.73. The predicted molar refractivity (Wildman–Crippen MR) is 115 cm³/mol. The van der Waals surface area contributed by atoms with Crippen LogP contribution in [0.3, 0.4) is 0 Å². The highest BCUT2D eigenvalue weighted by Gasteiger charge is 2.22. The lowest BCUT2D eigenvalue weighted by Gasteiger charge is -2.15. The Morgan fingerprint density at radius 1 is 1.21 bits per heavy atom. The smallest absolute Gasteiger partial charge is 0.239 e. The van der Waals surface area contributed by atoms with Crippen LogP contribution in [0.4, 0.5) is 5.69 Å². The van der Waals surface area contributed by atoms with E-state index in [0.717, 1.165) is 29.9 Å². The van der Waals surface area contributed by atoms with Crippen molar-refractivity contribution in [3.05, 3.63) is 48.0 Å². The minimum Gasteiger partial charge on any atom is -0.376 e. The van der Waals surface area contributed by atoms with Gasteiger partial charge in [-0.3, -0.25) is 4.79 Å². The fraction of sp³-hybridized carbons (Fsp3) is 0.381. The normalized spacial score (nSPS) is 16.6. The third-order valence-electron chi connectivity index (χ3n) is 4.79. The number of amides is 1. The van der Waals surface area contributed by atoms with Crippen LogP contribution in [0, 0.1) is 6.92 Å². The summed E-state index contributed by atoms with van der Waals surface area (Å²) in [5.41, 5.74) is 1.24. The molecule has 8 heteroatoms. The summed E-state index contributed by atoms with van der Waals surface area (Å²) in [7, 11) is -3.71. The molecule has 0 aliphatic carbocycles. The van der Waals surface area contributed by atoms with Crippen molar-refractivity contribution < 1.29 is 17.9 Å². The highest BCUT2D eigenvalue weighted by molar-refractivity contribution is 7.98. The van der Waals surface area contributed by atoms with Crippen molar-refractivity contribution in [2.75, 3.05) is 31.3 Å². The zero-order valence-corrected chi connectivity index (χ0v) is 18.2. The predicted octanol–water partition coefficient (Wildman–Crippen LogP) is 3.26. The Morgan fingerprint density at radius 3 is 2.62 bits per heavy atom. The zero-order chi connectivity index (χ0) is 20.9. The summed E-state index contributed by atoms with van der Waals surface area (Å²) in [5, 5.41) is 5.81. The number of benzene rings is 2. The summed E-state index contributed by atoms with van der Waals surface area (Å²) in [6.07, 6.45) is 3.97. The van der Waals surface area contributed by atoms with E-state index in [-0.39, 0.29) is 28.3 Å². The molecule has 1 aliphatic heterocycles. The van der Waals surface area contributed by atoms with Gasteiger partial charge in [0.2, 0.25) is 15.7 Å². The first-order chi connectivity index (χ1) is 13.9. The molecule has 29 heavy (non-hydrogen) atoms. The van der Waals surface area contributed by atoms with Crippen molar-refractivity contribution in [2.24, 2.45) is 0 Å². The molecule has 1 fully saturated rings. The van der Waals surface area contributed by atoms with Crippen LogP contribution in [0.15, 0.2) is 57.2 Å². The standard InChI is InChI=1S/C21H26N2O4S2/c1-15-5-10-19(22-14-21(24)23-13-16-4-3-11-27-16)20(12-15)29(25,26)18-8-6-17(28-2)7-9-18/h5-10,12,16,22H,3-4,11,13-14H2,1-2H3,(H,23,24). The number of aryl methyl sites for hydroxylation is 1. The van der Waals surface area contributed by atoms with E-state index in [1.54, 1.807) is 48.2 Å². The van der Waals surface area contributed by atoms with E-state index in [9.17, 15) is 13.2 Å². The largest absolute Gasteiger partial charge is 0.376 e. The van der Waals surface area contributed by atoms with E-state index in [1.165, 1.54) is 0 Å². The molecule has 1 unspecified atom stereocenters. The fourth-order valence-corrected chi connectivity index (χ4v) is 5.08. The maximum absolute atomic E-state index is 13.2. The molecule has 2 N–H and O–H groups in total. The second-order valence-corrected chi connectivity index (χ2v) is 9.77. The monoisotopic (exact) mass is 434 g/mol. The van der Waals surface area contributed by atoms with E-state index in [1.807, 2.05) is 19.2 Å². The van der Waals surface area contributed by atoms with E-state index in [0.29, 0.717) is 12.2 Å². The number of hydrogen-bond acceptors (Lipinski definition) is 6. The number of carbonyl (C=O) groups is 1. The highest BCUT2D eigenvalue weighted by atomic mass is 32.2. The molecule has 0 bridgehead atoms. The summed E-state index contributed by atoms with van der Waals surface area (Å²) in [6.45, 7) is 3.04. The molecular formula is C21H26N2O4S2. The van der Waals surface area contributed by atoms with Crippen molar-refractivity contribution >= 4 is 33.2 Å². The molecule has 2 aromatic rings. The lowest BCUT2D eigenvalue weighted by atomic mass is 10.2. The van der Waals surface area contributed by atoms with Gasteiger partial charge in [0, 0.05) is 18.0 Å². The van der Waals surface area contributed by atoms with Gasteiger partial charge in [-0.1, -0.05) is 6.07 Å². The van der Waals surface area contributed by atoms with Crippen LogP contribution in [0.2, 0.25) is 0 Å². The van der Waals surface area contributed by atoms with E-state index in [2.05, 4.69) is 10.6 Å². The minimum atomic E-state index is -3.71. The molecule has 1 atom stereocenters. The molecule has 3 rings (SSSR count). The van der Waals surface area contributed by atoms with Gasteiger partial charge in [-0.05, 0) is 68.0 Å². The summed E-state index contributed by atoms with van der Waals surface area (Å²) in [5.74, 6) is -0.200. The molecule has 0 aromatic heterocycles. The van der Waals surface area contributed by atoms with Gasteiger partial charge >= 0.3 is 0 Å². The zero-order valence-electron chi connectivity index (χ0n) is 16.6. The van der Waals surface area contributed by atoms with Crippen LogP contribution in [-0.4, -0.2) is 46.4 Å².